The minimum Gasteiger partial charge on any atom is -0.366 e. The Morgan fingerprint density at radius 1 is 1.43 bits per heavy atom. The van der Waals surface area contributed by atoms with E-state index in [4.69, 9.17) is 5.73 Å². The van der Waals surface area contributed by atoms with Crippen LogP contribution < -0.4 is 5.73 Å². The maximum atomic E-state index is 12.8. The van der Waals surface area contributed by atoms with Crippen molar-refractivity contribution in [3.8, 4) is 5.69 Å². The van der Waals surface area contributed by atoms with Crippen LogP contribution in [-0.2, 0) is 4.74 Å². The molecule has 0 spiro atoms. The summed E-state index contributed by atoms with van der Waals surface area (Å²) in [6, 6.07) is 6.17. The molecule has 5 nitrogen and oxygen atoms in total. The summed E-state index contributed by atoms with van der Waals surface area (Å²) >= 11 is 0. The molecule has 0 radical (unpaired) electrons. The molecule has 21 heavy (non-hydrogen) atoms. The zero-order valence-corrected chi connectivity index (χ0v) is 11.0. The van der Waals surface area contributed by atoms with Crippen LogP contribution in [0.3, 0.4) is 0 Å². The van der Waals surface area contributed by atoms with Crippen molar-refractivity contribution in [2.24, 2.45) is 5.73 Å². The molecule has 0 fully saturated rings. The highest BCUT2D eigenvalue weighted by Crippen LogP contribution is 2.34. The van der Waals surface area contributed by atoms with Crippen molar-refractivity contribution < 1.29 is 22.7 Å². The number of ether oxygens (including phenoxy) is 1. The minimum absolute atomic E-state index is 0.252. The highest BCUT2D eigenvalue weighted by atomic mass is 19.4. The van der Waals surface area contributed by atoms with Crippen molar-refractivity contribution in [2.45, 2.75) is 12.3 Å². The van der Waals surface area contributed by atoms with Gasteiger partial charge in [-0.1, -0.05) is 6.07 Å². The van der Waals surface area contributed by atoms with E-state index in [-0.39, 0.29) is 11.3 Å². The third-order valence-electron chi connectivity index (χ3n) is 2.83. The van der Waals surface area contributed by atoms with E-state index in [2.05, 4.69) is 9.72 Å². The standard InChI is InChI=1S/C13H12F3N3O2/c1-21-11(13(14,15)16)10-6-19(7-18-10)9-4-2-3-8(5-9)12(17)20/h2-7,11H,1H3,(H2,17,20). The first-order valence-electron chi connectivity index (χ1n) is 5.86. The quantitative estimate of drug-likeness (QED) is 0.941. The smallest absolute Gasteiger partial charge is 0.366 e. The van der Waals surface area contributed by atoms with Gasteiger partial charge >= 0.3 is 6.18 Å². The van der Waals surface area contributed by atoms with E-state index < -0.39 is 18.2 Å². The number of hydrogen-bond donors (Lipinski definition) is 1. The predicted molar refractivity (Wildman–Crippen MR) is 67.9 cm³/mol. The van der Waals surface area contributed by atoms with Gasteiger partial charge in [0, 0.05) is 24.6 Å². The first-order chi connectivity index (χ1) is 9.82. The summed E-state index contributed by atoms with van der Waals surface area (Å²) in [6.07, 6.45) is -4.24. The van der Waals surface area contributed by atoms with E-state index in [1.54, 1.807) is 12.1 Å². The molecule has 0 saturated heterocycles. The summed E-state index contributed by atoms with van der Waals surface area (Å²) in [5.41, 5.74) is 5.62. The molecule has 0 aliphatic heterocycles. The van der Waals surface area contributed by atoms with Crippen LogP contribution in [0.1, 0.15) is 22.2 Å². The minimum atomic E-state index is -4.55. The number of nitrogens with two attached hydrogens (primary N) is 1. The summed E-state index contributed by atoms with van der Waals surface area (Å²) in [5.74, 6) is -0.623. The van der Waals surface area contributed by atoms with E-state index in [0.29, 0.717) is 5.69 Å². The summed E-state index contributed by atoms with van der Waals surface area (Å²) in [5, 5.41) is 0. The van der Waals surface area contributed by atoms with Crippen LogP contribution in [0.2, 0.25) is 0 Å². The summed E-state index contributed by atoms with van der Waals surface area (Å²) < 4.78 is 44.1. The van der Waals surface area contributed by atoms with E-state index in [1.165, 1.54) is 29.2 Å². The third kappa shape index (κ3) is 3.22. The molecule has 2 aromatic rings. The van der Waals surface area contributed by atoms with Crippen LogP contribution in [0, 0.1) is 0 Å². The number of alkyl halides is 3. The predicted octanol–water partition coefficient (Wildman–Crippen LogP) is 2.22. The van der Waals surface area contributed by atoms with E-state index >= 15 is 0 Å². The zero-order chi connectivity index (χ0) is 15.6. The molecular weight excluding hydrogens is 287 g/mol. The fraction of sp³-hybridized carbons (Fsp3) is 0.231. The van der Waals surface area contributed by atoms with Gasteiger partial charge in [0.25, 0.3) is 0 Å². The maximum absolute atomic E-state index is 12.8. The zero-order valence-electron chi connectivity index (χ0n) is 11.0. The lowest BCUT2D eigenvalue weighted by atomic mass is 10.2. The number of nitrogens with zero attached hydrogens (tertiary/aromatic N) is 2. The van der Waals surface area contributed by atoms with Gasteiger partial charge in [0.15, 0.2) is 6.10 Å². The fourth-order valence-corrected chi connectivity index (χ4v) is 1.86. The molecule has 2 N–H and O–H groups in total. The molecule has 1 unspecified atom stereocenters. The maximum Gasteiger partial charge on any atom is 0.420 e. The Bertz CT molecular complexity index is 652. The lowest BCUT2D eigenvalue weighted by Crippen LogP contribution is -2.22. The summed E-state index contributed by atoms with van der Waals surface area (Å²) in [6.45, 7) is 0. The number of hydrogen-bond acceptors (Lipinski definition) is 3. The monoisotopic (exact) mass is 299 g/mol. The second kappa shape index (κ2) is 5.57. The molecule has 0 saturated carbocycles. The van der Waals surface area contributed by atoms with E-state index in [0.717, 1.165) is 7.11 Å². The van der Waals surface area contributed by atoms with E-state index in [9.17, 15) is 18.0 Å². The molecule has 1 aromatic carbocycles. The normalized spacial score (nSPS) is 13.1. The number of amides is 1. The first-order valence-corrected chi connectivity index (χ1v) is 5.86. The highest BCUT2D eigenvalue weighted by Gasteiger charge is 2.42. The lowest BCUT2D eigenvalue weighted by Gasteiger charge is -2.16. The molecule has 0 aliphatic rings. The van der Waals surface area contributed by atoms with Gasteiger partial charge in [0.1, 0.15) is 0 Å². The van der Waals surface area contributed by atoms with Crippen molar-refractivity contribution >= 4 is 5.91 Å². The van der Waals surface area contributed by atoms with Crippen LogP contribution in [0.4, 0.5) is 13.2 Å². The number of halogens is 3. The van der Waals surface area contributed by atoms with Crippen LogP contribution in [-0.4, -0.2) is 28.7 Å². The van der Waals surface area contributed by atoms with Crippen molar-refractivity contribution in [1.82, 2.24) is 9.55 Å². The van der Waals surface area contributed by atoms with Crippen LogP contribution >= 0.6 is 0 Å². The van der Waals surface area contributed by atoms with E-state index in [1.807, 2.05) is 0 Å². The number of carbonyl (C=O) groups is 1. The third-order valence-corrected chi connectivity index (χ3v) is 2.83. The number of methoxy groups -OCH3 is 1. The van der Waals surface area contributed by atoms with Gasteiger partial charge < -0.3 is 15.0 Å². The Morgan fingerprint density at radius 3 is 2.71 bits per heavy atom. The number of benzene rings is 1. The topological polar surface area (TPSA) is 70.1 Å². The largest absolute Gasteiger partial charge is 0.420 e. The van der Waals surface area contributed by atoms with Crippen LogP contribution in [0.5, 0.6) is 0 Å². The molecule has 1 amide bonds. The number of imidazole rings is 1. The van der Waals surface area contributed by atoms with Gasteiger partial charge in [-0.05, 0) is 18.2 Å². The fourth-order valence-electron chi connectivity index (χ4n) is 1.86. The SMILES string of the molecule is COC(c1cn(-c2cccc(C(N)=O)c2)cn1)C(F)(F)F. The molecule has 1 aromatic heterocycles. The second-order valence-corrected chi connectivity index (χ2v) is 4.28. The Labute approximate surface area is 118 Å². The number of carbonyl (C=O) groups excluding carboxylic acids is 1. The lowest BCUT2D eigenvalue weighted by molar-refractivity contribution is -0.217. The van der Waals surface area contributed by atoms with Crippen molar-refractivity contribution in [1.29, 1.82) is 0 Å². The Balaban J connectivity index is 2.36. The van der Waals surface area contributed by atoms with Crippen LogP contribution in [0.25, 0.3) is 5.69 Å². The molecular formula is C13H12F3N3O2. The van der Waals surface area contributed by atoms with Gasteiger partial charge in [-0.2, -0.15) is 13.2 Å². The molecule has 8 heteroatoms. The average molecular weight is 299 g/mol. The Hall–Kier alpha value is -2.35. The summed E-state index contributed by atoms with van der Waals surface area (Å²) in [4.78, 5) is 14.8. The van der Waals surface area contributed by atoms with Crippen molar-refractivity contribution in [3.05, 3.63) is 48.0 Å². The van der Waals surface area contributed by atoms with Gasteiger partial charge in [0.2, 0.25) is 5.91 Å². The number of primary amides is 1. The molecule has 112 valence electrons. The first kappa shape index (κ1) is 15.0. The van der Waals surface area contributed by atoms with Gasteiger partial charge in [-0.25, -0.2) is 4.98 Å². The number of aromatic nitrogens is 2. The summed E-state index contributed by atoms with van der Waals surface area (Å²) in [7, 11) is 0.963. The van der Waals surface area contributed by atoms with Crippen LogP contribution in [0.15, 0.2) is 36.8 Å². The van der Waals surface area contributed by atoms with Crippen molar-refractivity contribution in [3.63, 3.8) is 0 Å². The number of rotatable bonds is 4. The molecule has 2 rings (SSSR count). The van der Waals surface area contributed by atoms with Gasteiger partial charge in [-0.3, -0.25) is 4.79 Å². The van der Waals surface area contributed by atoms with Gasteiger partial charge in [0.05, 0.1) is 12.0 Å². The molecule has 0 aliphatic carbocycles. The Kier molecular flexibility index (Phi) is 3.99. The van der Waals surface area contributed by atoms with Gasteiger partial charge in [-0.15, -0.1) is 0 Å². The van der Waals surface area contributed by atoms with Crippen molar-refractivity contribution in [2.75, 3.05) is 7.11 Å². The Morgan fingerprint density at radius 2 is 2.14 bits per heavy atom. The molecule has 1 atom stereocenters. The second-order valence-electron chi connectivity index (χ2n) is 4.28. The molecule has 0 bridgehead atoms. The highest BCUT2D eigenvalue weighted by molar-refractivity contribution is 5.93. The average Bonchev–Trinajstić information content (AvgIpc) is 2.87. The molecule has 1 heterocycles.